The molecule has 0 saturated heterocycles. The van der Waals surface area contributed by atoms with Crippen LogP contribution in [-0.4, -0.2) is 34.6 Å². The van der Waals surface area contributed by atoms with Gasteiger partial charge in [0.15, 0.2) is 5.89 Å². The van der Waals surface area contributed by atoms with Gasteiger partial charge in [0.25, 0.3) is 0 Å². The number of ketones is 1. The number of aliphatic hydroxyl groups excluding tert-OH is 1. The summed E-state index contributed by atoms with van der Waals surface area (Å²) < 4.78 is 10.2. The molecule has 0 spiro atoms. The largest absolute Gasteiger partial charge is 0.465 e. The second-order valence-electron chi connectivity index (χ2n) is 10.4. The van der Waals surface area contributed by atoms with Crippen LogP contribution in [0.4, 0.5) is 0 Å². The molecule has 0 fully saturated rings. The van der Waals surface area contributed by atoms with Gasteiger partial charge in [-0.2, -0.15) is 0 Å². The monoisotopic (exact) mass is 475 g/mol. The van der Waals surface area contributed by atoms with Crippen LogP contribution < -0.4 is 0 Å². The molecule has 0 aromatic carbocycles. The minimum absolute atomic E-state index is 0.0242. The molecule has 0 amide bonds. The third-order valence-corrected chi connectivity index (χ3v) is 6.35. The average Bonchev–Trinajstić information content (AvgIpc) is 3.16. The normalized spacial score (nSPS) is 29.0. The van der Waals surface area contributed by atoms with Crippen LogP contribution in [0, 0.1) is 30.1 Å². The fourth-order valence-electron chi connectivity index (χ4n) is 4.30. The highest BCUT2D eigenvalue weighted by atomic mass is 16.5. The number of carbonyl (C=O) groups is 2. The van der Waals surface area contributed by atoms with E-state index in [4.69, 9.17) is 9.15 Å². The van der Waals surface area contributed by atoms with Gasteiger partial charge in [-0.05, 0) is 45.1 Å². The Hall–Kier alpha value is -2.21. The van der Waals surface area contributed by atoms with E-state index in [1.807, 2.05) is 39.8 Å². The number of rotatable bonds is 1. The highest BCUT2D eigenvalue weighted by Gasteiger charge is 2.39. The SMILES string of the molecule is C/C1=C/C(C)COC(=O)CC(O)C(C)(C)C(=O)C(C)CC(C)CCC1.C/C=C\c1coc(C)n1. The number of Topliss-reactive ketones (excluding diaryl/α,β-unsaturated/α-hetero) is 1. The molecule has 1 aliphatic rings. The fraction of sp³-hybridized carbons (Fsp3) is 0.679. The first-order valence-corrected chi connectivity index (χ1v) is 12.5. The Morgan fingerprint density at radius 3 is 2.44 bits per heavy atom. The number of allylic oxidation sites excluding steroid dienone is 2. The minimum atomic E-state index is -1.02. The molecule has 0 aliphatic carbocycles. The van der Waals surface area contributed by atoms with E-state index in [0.717, 1.165) is 31.4 Å². The number of oxazole rings is 1. The first-order valence-electron chi connectivity index (χ1n) is 12.5. The molecule has 0 saturated carbocycles. The highest BCUT2D eigenvalue weighted by molar-refractivity contribution is 5.87. The van der Waals surface area contributed by atoms with Gasteiger partial charge < -0.3 is 14.3 Å². The van der Waals surface area contributed by atoms with Gasteiger partial charge in [0.05, 0.1) is 24.5 Å². The number of nitrogens with zero attached hydrogens (tertiary/aromatic N) is 1. The van der Waals surface area contributed by atoms with E-state index in [-0.39, 0.29) is 24.0 Å². The zero-order valence-electron chi connectivity index (χ0n) is 22.4. The Kier molecular flexibility index (Phi) is 12.5. The zero-order chi connectivity index (χ0) is 25.9. The van der Waals surface area contributed by atoms with Crippen LogP contribution in [0.15, 0.2) is 28.4 Å². The summed E-state index contributed by atoms with van der Waals surface area (Å²) in [6.07, 6.45) is 10.5. The first kappa shape index (κ1) is 29.8. The van der Waals surface area contributed by atoms with E-state index in [2.05, 4.69) is 24.9 Å². The summed E-state index contributed by atoms with van der Waals surface area (Å²) in [4.78, 5) is 28.9. The number of aryl methyl sites for hydroxylation is 1. The molecular weight excluding hydrogens is 430 g/mol. The van der Waals surface area contributed by atoms with E-state index >= 15 is 0 Å². The van der Waals surface area contributed by atoms with E-state index in [9.17, 15) is 14.7 Å². The topological polar surface area (TPSA) is 89.6 Å². The minimum Gasteiger partial charge on any atom is -0.465 e. The Morgan fingerprint density at radius 1 is 1.18 bits per heavy atom. The molecule has 6 heteroatoms. The molecule has 34 heavy (non-hydrogen) atoms. The number of hydrogen-bond donors (Lipinski definition) is 1. The van der Waals surface area contributed by atoms with E-state index in [1.54, 1.807) is 20.1 Å². The van der Waals surface area contributed by atoms with Crippen molar-refractivity contribution >= 4 is 17.8 Å². The van der Waals surface area contributed by atoms with Crippen molar-refractivity contribution in [1.29, 1.82) is 0 Å². The summed E-state index contributed by atoms with van der Waals surface area (Å²) in [5.74, 6) is 0.787. The highest BCUT2D eigenvalue weighted by Crippen LogP contribution is 2.31. The molecule has 192 valence electrons. The smallest absolute Gasteiger partial charge is 0.308 e. The van der Waals surface area contributed by atoms with Crippen LogP contribution in [0.25, 0.3) is 6.08 Å². The molecule has 1 aromatic heterocycles. The average molecular weight is 476 g/mol. The van der Waals surface area contributed by atoms with Gasteiger partial charge in [0, 0.05) is 18.8 Å². The maximum absolute atomic E-state index is 12.8. The van der Waals surface area contributed by atoms with Crippen molar-refractivity contribution in [3.63, 3.8) is 0 Å². The van der Waals surface area contributed by atoms with Crippen molar-refractivity contribution in [2.24, 2.45) is 23.2 Å². The third kappa shape index (κ3) is 10.4. The lowest BCUT2D eigenvalue weighted by Gasteiger charge is -2.32. The summed E-state index contributed by atoms with van der Waals surface area (Å²) in [6.45, 7) is 15.8. The lowest BCUT2D eigenvalue weighted by molar-refractivity contribution is -0.151. The summed E-state index contributed by atoms with van der Waals surface area (Å²) in [6, 6.07) is 0. The number of hydrogen-bond acceptors (Lipinski definition) is 6. The molecule has 2 rings (SSSR count). The molecule has 2 heterocycles. The number of aliphatic hydroxyl groups is 1. The van der Waals surface area contributed by atoms with Gasteiger partial charge >= 0.3 is 5.97 Å². The van der Waals surface area contributed by atoms with E-state index in [0.29, 0.717) is 18.4 Å². The Balaban J connectivity index is 0.000000533. The summed E-state index contributed by atoms with van der Waals surface area (Å²) >= 11 is 0. The number of ether oxygens (including phenoxy) is 1. The number of cyclic esters (lactones) is 1. The molecular formula is C28H45NO5. The van der Waals surface area contributed by atoms with Crippen molar-refractivity contribution < 1.29 is 23.8 Å². The molecule has 1 aliphatic heterocycles. The van der Waals surface area contributed by atoms with Crippen LogP contribution in [-0.2, 0) is 14.3 Å². The lowest BCUT2D eigenvalue weighted by Crippen LogP contribution is -2.42. The van der Waals surface area contributed by atoms with Crippen LogP contribution in [0.1, 0.15) is 92.2 Å². The summed E-state index contributed by atoms with van der Waals surface area (Å²) in [5.41, 5.74) is 1.25. The van der Waals surface area contributed by atoms with Gasteiger partial charge in [0.2, 0.25) is 0 Å². The van der Waals surface area contributed by atoms with Crippen molar-refractivity contribution in [2.75, 3.05) is 6.61 Å². The summed E-state index contributed by atoms with van der Waals surface area (Å²) in [7, 11) is 0. The van der Waals surface area contributed by atoms with Crippen LogP contribution in [0.5, 0.6) is 0 Å². The van der Waals surface area contributed by atoms with E-state index in [1.165, 1.54) is 5.57 Å². The number of esters is 1. The van der Waals surface area contributed by atoms with Crippen LogP contribution in [0.3, 0.4) is 0 Å². The second-order valence-corrected chi connectivity index (χ2v) is 10.4. The molecule has 0 radical (unpaired) electrons. The van der Waals surface area contributed by atoms with Gasteiger partial charge in [0.1, 0.15) is 17.7 Å². The van der Waals surface area contributed by atoms with Crippen molar-refractivity contribution in [2.45, 2.75) is 93.6 Å². The van der Waals surface area contributed by atoms with Gasteiger partial charge in [-0.25, -0.2) is 4.98 Å². The van der Waals surface area contributed by atoms with Gasteiger partial charge in [-0.1, -0.05) is 58.8 Å². The quantitative estimate of drug-likeness (QED) is 0.377. The maximum atomic E-state index is 12.8. The predicted octanol–water partition coefficient (Wildman–Crippen LogP) is 6.32. The van der Waals surface area contributed by atoms with Gasteiger partial charge in [-0.15, -0.1) is 0 Å². The zero-order valence-corrected chi connectivity index (χ0v) is 22.4. The van der Waals surface area contributed by atoms with Crippen molar-refractivity contribution in [3.8, 4) is 0 Å². The number of aromatic nitrogens is 1. The van der Waals surface area contributed by atoms with Crippen molar-refractivity contribution in [1.82, 2.24) is 4.98 Å². The Labute approximate surface area is 205 Å². The fourth-order valence-corrected chi connectivity index (χ4v) is 4.30. The Morgan fingerprint density at radius 2 is 1.85 bits per heavy atom. The second kappa shape index (κ2) is 14.2. The van der Waals surface area contributed by atoms with Crippen LogP contribution in [0.2, 0.25) is 0 Å². The van der Waals surface area contributed by atoms with E-state index < -0.39 is 17.5 Å². The molecule has 4 unspecified atom stereocenters. The van der Waals surface area contributed by atoms with Gasteiger partial charge in [-0.3, -0.25) is 9.59 Å². The summed E-state index contributed by atoms with van der Waals surface area (Å²) in [5, 5.41) is 10.4. The lowest BCUT2D eigenvalue weighted by atomic mass is 9.74. The number of carbonyl (C=O) groups excluding carboxylic acids is 2. The Bertz CT molecular complexity index is 836. The van der Waals surface area contributed by atoms with Crippen molar-refractivity contribution in [3.05, 3.63) is 35.6 Å². The molecule has 4 atom stereocenters. The molecule has 0 bridgehead atoms. The standard InChI is InChI=1S/C21H36O4.C7H9NO/c1-14-8-7-9-15(2)11-17(4)20(24)21(5,6)18(22)12-19(23)25-13-16(3)10-14;1-3-4-7-5-9-6(2)8-7/h10,15-18,22H,7-9,11-13H2,1-6H3;3-5H,1-2H3/b14-10-;4-3-. The maximum Gasteiger partial charge on any atom is 0.308 e. The predicted molar refractivity (Wildman–Crippen MR) is 136 cm³/mol. The third-order valence-electron chi connectivity index (χ3n) is 6.35. The molecule has 6 nitrogen and oxygen atoms in total. The molecule has 1 N–H and O–H groups in total. The first-order chi connectivity index (χ1) is 15.9. The van der Waals surface area contributed by atoms with Crippen LogP contribution >= 0.6 is 0 Å². The molecule has 1 aromatic rings.